The van der Waals surface area contributed by atoms with Crippen molar-refractivity contribution in [2.45, 2.75) is 0 Å². The van der Waals surface area contributed by atoms with Gasteiger partial charge in [-0.1, -0.05) is 0 Å². The van der Waals surface area contributed by atoms with E-state index in [0.717, 1.165) is 0 Å². The van der Waals surface area contributed by atoms with E-state index in [1.807, 2.05) is 0 Å². The lowest BCUT2D eigenvalue weighted by Crippen LogP contribution is -2.14. The molecule has 0 aromatic heterocycles. The van der Waals surface area contributed by atoms with Crippen LogP contribution in [0.3, 0.4) is 0 Å². The largest absolute Gasteiger partial charge is 0.377 e. The van der Waals surface area contributed by atoms with Crippen molar-refractivity contribution in [3.63, 3.8) is 0 Å². The van der Waals surface area contributed by atoms with Gasteiger partial charge < -0.3 is 33.2 Å². The second-order valence-corrected chi connectivity index (χ2v) is 4.66. The first-order chi connectivity index (χ1) is 12.4. The van der Waals surface area contributed by atoms with E-state index in [1.165, 1.54) is 0 Å². The molecule has 0 fully saturated rings. The number of halogens is 2. The highest BCUT2D eigenvalue weighted by atomic mass is 19.1. The third-order valence-electron chi connectivity index (χ3n) is 2.68. The summed E-state index contributed by atoms with van der Waals surface area (Å²) in [6, 6.07) is 0. The van der Waals surface area contributed by atoms with Gasteiger partial charge >= 0.3 is 0 Å². The first-order valence-corrected chi connectivity index (χ1v) is 8.58. The van der Waals surface area contributed by atoms with Crippen LogP contribution in [0.4, 0.5) is 8.78 Å². The highest BCUT2D eigenvalue weighted by Crippen LogP contribution is 1.85. The lowest BCUT2D eigenvalue weighted by atomic mass is 10.6. The van der Waals surface area contributed by atoms with Crippen LogP contribution in [-0.4, -0.2) is 106 Å². The average molecular weight is 374 g/mol. The quantitative estimate of drug-likeness (QED) is 0.262. The summed E-state index contributed by atoms with van der Waals surface area (Å²) in [6.45, 7) is 4.82. The van der Waals surface area contributed by atoms with Crippen molar-refractivity contribution in [1.29, 1.82) is 0 Å². The number of ether oxygens (including phenoxy) is 7. The van der Waals surface area contributed by atoms with E-state index in [2.05, 4.69) is 0 Å². The predicted molar refractivity (Wildman–Crippen MR) is 87.7 cm³/mol. The molecule has 0 bridgehead atoms. The van der Waals surface area contributed by atoms with Crippen molar-refractivity contribution in [3.05, 3.63) is 0 Å². The summed E-state index contributed by atoms with van der Waals surface area (Å²) in [5.41, 5.74) is 0. The maximum Gasteiger partial charge on any atom is 0.113 e. The Labute approximate surface area is 148 Å². The summed E-state index contributed by atoms with van der Waals surface area (Å²) >= 11 is 0. The zero-order valence-electron chi connectivity index (χ0n) is 14.9. The molecule has 0 atom stereocenters. The molecule has 0 N–H and O–H groups in total. The Morgan fingerprint density at radius 2 is 0.440 bits per heavy atom. The van der Waals surface area contributed by atoms with Crippen molar-refractivity contribution >= 4 is 0 Å². The molecule has 152 valence electrons. The second kappa shape index (κ2) is 23.6. The number of hydrogen-bond acceptors (Lipinski definition) is 7. The summed E-state index contributed by atoms with van der Waals surface area (Å²) in [5.74, 6) is 0. The van der Waals surface area contributed by atoms with Gasteiger partial charge in [0.05, 0.1) is 92.5 Å². The van der Waals surface area contributed by atoms with Gasteiger partial charge in [-0.05, 0) is 0 Å². The fraction of sp³-hybridized carbons (Fsp3) is 1.00. The maximum absolute atomic E-state index is 11.7. The highest BCUT2D eigenvalue weighted by molar-refractivity contribution is 4.37. The lowest BCUT2D eigenvalue weighted by Gasteiger charge is -2.08. The Kier molecular flexibility index (Phi) is 23.2. The maximum atomic E-state index is 11.7. The number of hydrogen-bond donors (Lipinski definition) is 0. The van der Waals surface area contributed by atoms with Crippen LogP contribution in [0.1, 0.15) is 0 Å². The Morgan fingerprint density at radius 3 is 0.600 bits per heavy atom. The zero-order valence-corrected chi connectivity index (χ0v) is 14.9. The van der Waals surface area contributed by atoms with Crippen molar-refractivity contribution in [1.82, 2.24) is 0 Å². The second-order valence-electron chi connectivity index (χ2n) is 4.66. The van der Waals surface area contributed by atoms with Crippen LogP contribution in [0.2, 0.25) is 0 Å². The highest BCUT2D eigenvalue weighted by Gasteiger charge is 1.94. The minimum Gasteiger partial charge on any atom is -0.377 e. The van der Waals surface area contributed by atoms with Crippen molar-refractivity contribution in [2.24, 2.45) is 0 Å². The predicted octanol–water partition coefficient (Wildman–Crippen LogP) is 1.04. The molecule has 0 rings (SSSR count). The van der Waals surface area contributed by atoms with E-state index in [9.17, 15) is 8.78 Å². The molecule has 0 saturated carbocycles. The molecule has 0 aliphatic carbocycles. The molecule has 0 amide bonds. The molecule has 0 aromatic rings. The van der Waals surface area contributed by atoms with Gasteiger partial charge in [0.15, 0.2) is 0 Å². The van der Waals surface area contributed by atoms with Crippen LogP contribution in [0, 0.1) is 0 Å². The summed E-state index contributed by atoms with van der Waals surface area (Å²) in [4.78, 5) is 0. The lowest BCUT2D eigenvalue weighted by molar-refractivity contribution is -0.0210. The van der Waals surface area contributed by atoms with Gasteiger partial charge in [-0.15, -0.1) is 0 Å². The van der Waals surface area contributed by atoms with Gasteiger partial charge in [0, 0.05) is 0 Å². The molecule has 0 saturated heterocycles. The molecule has 0 heterocycles. The fourth-order valence-electron chi connectivity index (χ4n) is 1.53. The minimum atomic E-state index is -0.472. The van der Waals surface area contributed by atoms with Gasteiger partial charge in [0.2, 0.25) is 0 Å². The molecule has 0 radical (unpaired) electrons. The molecule has 0 aliphatic heterocycles. The smallest absolute Gasteiger partial charge is 0.113 e. The van der Waals surface area contributed by atoms with Crippen molar-refractivity contribution in [2.75, 3.05) is 106 Å². The van der Waals surface area contributed by atoms with Crippen LogP contribution < -0.4 is 0 Å². The van der Waals surface area contributed by atoms with E-state index in [0.29, 0.717) is 79.3 Å². The Balaban J connectivity index is 2.94. The van der Waals surface area contributed by atoms with Crippen LogP contribution in [-0.2, 0) is 33.2 Å². The molecule has 0 spiro atoms. The molecule has 0 aliphatic rings. The Morgan fingerprint density at radius 1 is 0.280 bits per heavy atom. The summed E-state index contributed by atoms with van der Waals surface area (Å²) in [6.07, 6.45) is 0. The summed E-state index contributed by atoms with van der Waals surface area (Å²) < 4.78 is 59.7. The molecule has 9 heteroatoms. The minimum absolute atomic E-state index is 0.116. The standard InChI is InChI=1S/C16H32F2O7/c17-1-3-19-5-7-21-9-11-23-13-15-25-16-14-24-12-10-22-8-6-20-4-2-18/h1-16H2. The van der Waals surface area contributed by atoms with Crippen LogP contribution >= 0.6 is 0 Å². The SMILES string of the molecule is FCCOCCOCCOCCOCCOCCOCCOCCF. The third kappa shape index (κ3) is 23.6. The Hall–Kier alpha value is -0.420. The molecule has 7 nitrogen and oxygen atoms in total. The van der Waals surface area contributed by atoms with Crippen molar-refractivity contribution in [3.8, 4) is 0 Å². The fourth-order valence-corrected chi connectivity index (χ4v) is 1.53. The topological polar surface area (TPSA) is 64.6 Å². The third-order valence-corrected chi connectivity index (χ3v) is 2.68. The average Bonchev–Trinajstić information content (AvgIpc) is 2.63. The molecule has 0 unspecified atom stereocenters. The summed E-state index contributed by atoms with van der Waals surface area (Å²) in [5, 5.41) is 0. The van der Waals surface area contributed by atoms with E-state index in [1.54, 1.807) is 0 Å². The van der Waals surface area contributed by atoms with Gasteiger partial charge in [-0.2, -0.15) is 0 Å². The zero-order chi connectivity index (χ0) is 18.3. The first-order valence-electron chi connectivity index (χ1n) is 8.58. The van der Waals surface area contributed by atoms with Gasteiger partial charge in [-0.25, -0.2) is 8.78 Å². The van der Waals surface area contributed by atoms with E-state index in [4.69, 9.17) is 33.2 Å². The van der Waals surface area contributed by atoms with Gasteiger partial charge in [-0.3, -0.25) is 0 Å². The molecular weight excluding hydrogens is 342 g/mol. The van der Waals surface area contributed by atoms with Crippen LogP contribution in [0.5, 0.6) is 0 Å². The van der Waals surface area contributed by atoms with Gasteiger partial charge in [0.1, 0.15) is 13.3 Å². The number of rotatable bonds is 22. The van der Waals surface area contributed by atoms with Crippen LogP contribution in [0.25, 0.3) is 0 Å². The first kappa shape index (κ1) is 24.6. The Bertz CT molecular complexity index is 217. The molecule has 25 heavy (non-hydrogen) atoms. The van der Waals surface area contributed by atoms with E-state index >= 15 is 0 Å². The van der Waals surface area contributed by atoms with E-state index < -0.39 is 13.3 Å². The summed E-state index contributed by atoms with van der Waals surface area (Å²) in [7, 11) is 0. The van der Waals surface area contributed by atoms with Crippen molar-refractivity contribution < 1.29 is 41.9 Å². The van der Waals surface area contributed by atoms with Crippen LogP contribution in [0.15, 0.2) is 0 Å². The molecule has 0 aromatic carbocycles. The number of alkyl halides is 2. The normalized spacial score (nSPS) is 11.3. The monoisotopic (exact) mass is 374 g/mol. The van der Waals surface area contributed by atoms with E-state index in [-0.39, 0.29) is 13.2 Å². The van der Waals surface area contributed by atoms with Gasteiger partial charge in [0.25, 0.3) is 0 Å². The molecular formula is C16H32F2O7.